The number of carboxylic acids is 1. The Kier molecular flexibility index (Phi) is 2.41. The van der Waals surface area contributed by atoms with E-state index in [1.54, 1.807) is 6.07 Å². The summed E-state index contributed by atoms with van der Waals surface area (Å²) in [5, 5.41) is 8.97. The minimum Gasteiger partial charge on any atom is -0.477 e. The molecule has 7 nitrogen and oxygen atoms in total. The van der Waals surface area contributed by atoms with E-state index >= 15 is 0 Å². The molecular weight excluding hydrogens is 236 g/mol. The molecule has 0 amide bonds. The van der Waals surface area contributed by atoms with Crippen molar-refractivity contribution in [2.24, 2.45) is 10.7 Å². The van der Waals surface area contributed by atoms with Gasteiger partial charge in [0.2, 0.25) is 0 Å². The fraction of sp³-hybridized carbons (Fsp3) is 0.364. The third-order valence-electron chi connectivity index (χ3n) is 3.15. The third kappa shape index (κ3) is 1.60. The summed E-state index contributed by atoms with van der Waals surface area (Å²) in [5.74, 6) is -0.621. The normalized spacial score (nSPS) is 21.9. The molecule has 1 unspecified atom stereocenters. The third-order valence-corrected chi connectivity index (χ3v) is 3.15. The molecule has 18 heavy (non-hydrogen) atoms. The van der Waals surface area contributed by atoms with E-state index in [1.807, 2.05) is 4.90 Å². The van der Waals surface area contributed by atoms with Crippen molar-refractivity contribution in [3.05, 3.63) is 23.5 Å². The number of rotatable bonds is 1. The van der Waals surface area contributed by atoms with E-state index in [0.717, 1.165) is 5.56 Å². The first-order valence-corrected chi connectivity index (χ1v) is 5.58. The van der Waals surface area contributed by atoms with Gasteiger partial charge in [0, 0.05) is 12.1 Å². The minimum atomic E-state index is -1.05. The molecule has 0 spiro atoms. The molecule has 0 bridgehead atoms. The molecule has 1 aromatic heterocycles. The van der Waals surface area contributed by atoms with Gasteiger partial charge >= 0.3 is 5.97 Å². The maximum atomic E-state index is 10.9. The number of morpholine rings is 1. The molecule has 7 heteroatoms. The molecule has 1 atom stereocenters. The lowest BCUT2D eigenvalue weighted by molar-refractivity contribution is 0.0240. The molecule has 3 heterocycles. The summed E-state index contributed by atoms with van der Waals surface area (Å²) in [7, 11) is 0. The van der Waals surface area contributed by atoms with Crippen LogP contribution < -0.4 is 5.73 Å². The Morgan fingerprint density at radius 3 is 3.22 bits per heavy atom. The van der Waals surface area contributed by atoms with E-state index in [2.05, 4.69) is 9.98 Å². The van der Waals surface area contributed by atoms with E-state index in [0.29, 0.717) is 31.4 Å². The Balaban J connectivity index is 2.10. The van der Waals surface area contributed by atoms with Crippen LogP contribution in [0.25, 0.3) is 0 Å². The maximum Gasteiger partial charge on any atom is 0.354 e. The molecule has 3 rings (SSSR count). The molecule has 1 aromatic rings. The Bertz CT molecular complexity index is 543. The fourth-order valence-electron chi connectivity index (χ4n) is 2.26. The Morgan fingerprint density at radius 2 is 2.44 bits per heavy atom. The van der Waals surface area contributed by atoms with Crippen molar-refractivity contribution in [1.82, 2.24) is 9.88 Å². The second-order valence-electron chi connectivity index (χ2n) is 4.19. The van der Waals surface area contributed by atoms with Crippen LogP contribution in [0.15, 0.2) is 17.3 Å². The number of hydrogen-bond acceptors (Lipinski definition) is 6. The lowest BCUT2D eigenvalue weighted by Gasteiger charge is -2.39. The topological polar surface area (TPSA) is 101 Å². The van der Waals surface area contributed by atoms with Crippen LogP contribution >= 0.6 is 0 Å². The van der Waals surface area contributed by atoms with Crippen molar-refractivity contribution >= 4 is 17.6 Å². The first kappa shape index (κ1) is 11.0. The maximum absolute atomic E-state index is 10.9. The van der Waals surface area contributed by atoms with E-state index in [1.165, 1.54) is 6.20 Å². The molecule has 0 radical (unpaired) electrons. The highest BCUT2D eigenvalue weighted by molar-refractivity contribution is 5.88. The van der Waals surface area contributed by atoms with Crippen LogP contribution in [0.5, 0.6) is 0 Å². The van der Waals surface area contributed by atoms with Crippen LogP contribution in [0.4, 0.5) is 5.69 Å². The minimum absolute atomic E-state index is 0.00921. The highest BCUT2D eigenvalue weighted by Crippen LogP contribution is 2.35. The number of carbonyl (C=O) groups is 1. The molecule has 2 aliphatic heterocycles. The lowest BCUT2D eigenvalue weighted by atomic mass is 10.0. The average molecular weight is 248 g/mol. The second-order valence-corrected chi connectivity index (χ2v) is 4.19. The Labute approximate surface area is 103 Å². The smallest absolute Gasteiger partial charge is 0.354 e. The first-order chi connectivity index (χ1) is 8.66. The van der Waals surface area contributed by atoms with Crippen molar-refractivity contribution in [2.45, 2.75) is 6.04 Å². The molecule has 0 aromatic carbocycles. The number of fused-ring (bicyclic) bond motifs is 3. The van der Waals surface area contributed by atoms with Gasteiger partial charge in [-0.15, -0.1) is 0 Å². The van der Waals surface area contributed by atoms with Crippen molar-refractivity contribution < 1.29 is 14.6 Å². The van der Waals surface area contributed by atoms with Gasteiger partial charge in [0.25, 0.3) is 0 Å². The van der Waals surface area contributed by atoms with E-state index < -0.39 is 5.97 Å². The van der Waals surface area contributed by atoms with Gasteiger partial charge in [0.15, 0.2) is 5.96 Å². The zero-order valence-corrected chi connectivity index (χ0v) is 9.54. The monoisotopic (exact) mass is 248 g/mol. The number of aromatic carboxylic acids is 1. The number of ether oxygens (including phenoxy) is 1. The summed E-state index contributed by atoms with van der Waals surface area (Å²) in [4.78, 5) is 21.0. The Morgan fingerprint density at radius 1 is 1.61 bits per heavy atom. The van der Waals surface area contributed by atoms with Crippen LogP contribution in [0.1, 0.15) is 22.1 Å². The second kappa shape index (κ2) is 3.95. The van der Waals surface area contributed by atoms with Crippen LogP contribution in [0, 0.1) is 0 Å². The molecule has 94 valence electrons. The summed E-state index contributed by atoms with van der Waals surface area (Å²) in [6, 6.07) is 1.47. The van der Waals surface area contributed by atoms with Gasteiger partial charge in [0.1, 0.15) is 5.69 Å². The van der Waals surface area contributed by atoms with Gasteiger partial charge in [-0.1, -0.05) is 0 Å². The largest absolute Gasteiger partial charge is 0.477 e. The van der Waals surface area contributed by atoms with Crippen molar-refractivity contribution in [3.8, 4) is 0 Å². The van der Waals surface area contributed by atoms with Crippen LogP contribution in [-0.4, -0.2) is 46.7 Å². The van der Waals surface area contributed by atoms with Gasteiger partial charge in [-0.2, -0.15) is 0 Å². The number of pyridine rings is 1. The average Bonchev–Trinajstić information content (AvgIpc) is 2.38. The summed E-state index contributed by atoms with van der Waals surface area (Å²) in [6.07, 6.45) is 1.44. The molecule has 2 aliphatic rings. The quantitative estimate of drug-likeness (QED) is 0.731. The van der Waals surface area contributed by atoms with Gasteiger partial charge in [-0.3, -0.25) is 0 Å². The standard InChI is InChI=1S/C11H12N4O3/c12-11-14-8-4-13-7(10(16)17)3-6(8)9-5-18-2-1-15(9)11/h3-4,9H,1-2,5H2,(H2,12,14)(H,16,17). The van der Waals surface area contributed by atoms with Gasteiger partial charge in [0.05, 0.1) is 31.1 Å². The zero-order valence-electron chi connectivity index (χ0n) is 9.54. The number of nitrogens with two attached hydrogens (primary N) is 1. The molecular formula is C11H12N4O3. The number of carboxylic acid groups (broad SMARTS) is 1. The predicted octanol–water partition coefficient (Wildman–Crippen LogP) is 0.113. The summed E-state index contributed by atoms with van der Waals surface area (Å²) in [5.41, 5.74) is 7.30. The fourth-order valence-corrected chi connectivity index (χ4v) is 2.26. The van der Waals surface area contributed by atoms with Gasteiger partial charge in [-0.05, 0) is 6.07 Å². The number of aromatic nitrogens is 1. The molecule has 3 N–H and O–H groups in total. The number of aliphatic imine (C=N–C) groups is 1. The number of guanidine groups is 1. The summed E-state index contributed by atoms with van der Waals surface area (Å²) in [6.45, 7) is 1.73. The number of hydrogen-bond donors (Lipinski definition) is 2. The highest BCUT2D eigenvalue weighted by atomic mass is 16.5. The SMILES string of the molecule is NC1=Nc2cnc(C(=O)O)cc2C2COCCN12. The zero-order chi connectivity index (χ0) is 12.7. The molecule has 0 saturated carbocycles. The van der Waals surface area contributed by atoms with Crippen LogP contribution in [0.2, 0.25) is 0 Å². The number of nitrogens with zero attached hydrogens (tertiary/aromatic N) is 3. The summed E-state index contributed by atoms with van der Waals surface area (Å²) < 4.78 is 5.42. The van der Waals surface area contributed by atoms with Crippen molar-refractivity contribution in [3.63, 3.8) is 0 Å². The van der Waals surface area contributed by atoms with Crippen molar-refractivity contribution in [1.29, 1.82) is 0 Å². The van der Waals surface area contributed by atoms with Gasteiger partial charge in [-0.25, -0.2) is 14.8 Å². The first-order valence-electron chi connectivity index (χ1n) is 5.58. The van der Waals surface area contributed by atoms with Gasteiger partial charge < -0.3 is 20.5 Å². The Hall–Kier alpha value is -2.15. The predicted molar refractivity (Wildman–Crippen MR) is 62.7 cm³/mol. The molecule has 1 saturated heterocycles. The lowest BCUT2D eigenvalue weighted by Crippen LogP contribution is -2.48. The van der Waals surface area contributed by atoms with E-state index in [4.69, 9.17) is 15.6 Å². The molecule has 0 aliphatic carbocycles. The van der Waals surface area contributed by atoms with Crippen LogP contribution in [-0.2, 0) is 4.74 Å². The van der Waals surface area contributed by atoms with Crippen molar-refractivity contribution in [2.75, 3.05) is 19.8 Å². The van der Waals surface area contributed by atoms with Crippen LogP contribution in [0.3, 0.4) is 0 Å². The summed E-state index contributed by atoms with van der Waals surface area (Å²) >= 11 is 0. The highest BCUT2D eigenvalue weighted by Gasteiger charge is 2.32. The molecule has 1 fully saturated rings. The van der Waals surface area contributed by atoms with E-state index in [-0.39, 0.29) is 11.7 Å². The van der Waals surface area contributed by atoms with E-state index in [9.17, 15) is 4.79 Å².